The van der Waals surface area contributed by atoms with Gasteiger partial charge in [0.1, 0.15) is 11.5 Å². The molecular formula is C40H46ClF3N10O4. The molecule has 58 heavy (non-hydrogen) atoms. The van der Waals surface area contributed by atoms with Crippen LogP contribution in [0.2, 0.25) is 5.28 Å². The number of aromatic nitrogens is 6. The van der Waals surface area contributed by atoms with Crippen LogP contribution in [0.15, 0.2) is 88.5 Å². The molecule has 308 valence electrons. The minimum atomic E-state index is -4.83. The van der Waals surface area contributed by atoms with Crippen molar-refractivity contribution >= 4 is 23.2 Å². The van der Waals surface area contributed by atoms with Crippen LogP contribution in [-0.2, 0) is 27.2 Å². The minimum absolute atomic E-state index is 0.0358. The third-order valence-corrected chi connectivity index (χ3v) is 10.3. The van der Waals surface area contributed by atoms with Crippen molar-refractivity contribution in [2.75, 3.05) is 43.9 Å². The number of methoxy groups -OCH3 is 1. The van der Waals surface area contributed by atoms with Gasteiger partial charge in [0.2, 0.25) is 16.9 Å². The van der Waals surface area contributed by atoms with E-state index in [2.05, 4.69) is 82.0 Å². The molecule has 0 spiro atoms. The Balaban J connectivity index is 0.000000213. The Bertz CT molecular complexity index is 2250. The number of piperidine rings is 2. The zero-order chi connectivity index (χ0) is 41.2. The molecule has 2 fully saturated rings. The number of nitrogens with one attached hydrogen (secondary N) is 2. The highest BCUT2D eigenvalue weighted by Crippen LogP contribution is 2.34. The molecule has 3 aromatic carbocycles. The van der Waals surface area contributed by atoms with E-state index in [-0.39, 0.29) is 46.1 Å². The molecule has 2 aliphatic heterocycles. The van der Waals surface area contributed by atoms with E-state index in [0.29, 0.717) is 5.56 Å². The fourth-order valence-corrected chi connectivity index (χ4v) is 7.19. The second-order valence-corrected chi connectivity index (χ2v) is 14.6. The zero-order valence-corrected chi connectivity index (χ0v) is 33.2. The van der Waals surface area contributed by atoms with Crippen LogP contribution in [0.1, 0.15) is 36.8 Å². The second kappa shape index (κ2) is 19.3. The molecule has 2 atom stereocenters. The van der Waals surface area contributed by atoms with E-state index in [4.69, 9.17) is 16.3 Å². The van der Waals surface area contributed by atoms with Crippen LogP contribution in [0.25, 0.3) is 11.4 Å². The first-order valence-corrected chi connectivity index (χ1v) is 19.3. The first-order chi connectivity index (χ1) is 27.9. The quantitative estimate of drug-likeness (QED) is 0.168. The Morgan fingerprint density at radius 2 is 1.26 bits per heavy atom. The van der Waals surface area contributed by atoms with Crippen molar-refractivity contribution in [3.63, 3.8) is 0 Å². The Hall–Kier alpha value is -5.52. The van der Waals surface area contributed by atoms with Crippen molar-refractivity contribution < 1.29 is 22.6 Å². The molecule has 0 amide bonds. The molecule has 2 aliphatic rings. The van der Waals surface area contributed by atoms with E-state index in [1.54, 1.807) is 7.05 Å². The molecule has 0 unspecified atom stereocenters. The summed E-state index contributed by atoms with van der Waals surface area (Å²) in [5.41, 5.74) is 2.20. The molecule has 2 N–H and O–H groups in total. The fraction of sp³-hybridized carbons (Fsp3) is 0.400. The Morgan fingerprint density at radius 3 is 1.78 bits per heavy atom. The number of alkyl halides is 3. The summed E-state index contributed by atoms with van der Waals surface area (Å²) in [4.78, 5) is 29.9. The number of halogens is 4. The normalized spacial score (nSPS) is 17.5. The number of likely N-dealkylation sites (tertiary alicyclic amines) is 2. The molecule has 14 nitrogen and oxygen atoms in total. The molecule has 2 saturated heterocycles. The monoisotopic (exact) mass is 822 g/mol. The van der Waals surface area contributed by atoms with Gasteiger partial charge in [0, 0.05) is 58.4 Å². The van der Waals surface area contributed by atoms with Gasteiger partial charge in [-0.15, -0.1) is 33.6 Å². The molecular weight excluding hydrogens is 777 g/mol. The maximum Gasteiger partial charge on any atom is 0.573 e. The summed E-state index contributed by atoms with van der Waals surface area (Å²) in [5.74, 6) is 0.180. The molecule has 18 heteroatoms. The first-order valence-electron chi connectivity index (χ1n) is 18.9. The fourth-order valence-electron chi connectivity index (χ4n) is 7.08. The molecule has 0 saturated carbocycles. The maximum atomic E-state index is 13.0. The zero-order valence-electron chi connectivity index (χ0n) is 32.5. The standard InChI is InChI=1S/C24H26F3N5O3.C16H20ClN5O/c1-31-22(19-11-10-18(13-20(19)34-2)35-24(25,26)27)30-29-21(23(31)33)28-17-9-6-12-32(15-17)14-16-7-4-3-5-8-16;1-21-15(23)14(19-20-16(21)17)18-13-8-5-9-22(11-13)10-12-6-3-2-4-7-12/h3-5,7-8,10-11,13,17H,6,9,12,14-15H2,1-2H3,(H,28,29);2-4,6-7,13H,5,8-11H2,1H3,(H,18,19)/t17-;13-/m11/s1. The first kappa shape index (κ1) is 42.1. The SMILES string of the molecule is COc1cc(OC(F)(F)F)ccc1-c1nnc(N[C@@H]2CCCN(Cc3ccccc3)C2)c(=O)n1C.Cn1c(Cl)nnc(N[C@@H]2CCCN(Cc3ccccc3)C2)c1=O. The molecule has 7 rings (SSSR count). The number of anilines is 2. The lowest BCUT2D eigenvalue weighted by atomic mass is 10.0. The average molecular weight is 823 g/mol. The van der Waals surface area contributed by atoms with Crippen molar-refractivity contribution in [3.8, 4) is 22.9 Å². The number of hydrogen-bond acceptors (Lipinski definition) is 12. The lowest BCUT2D eigenvalue weighted by Crippen LogP contribution is -2.43. The molecule has 5 aromatic rings. The van der Waals surface area contributed by atoms with Gasteiger partial charge in [-0.2, -0.15) is 0 Å². The van der Waals surface area contributed by atoms with Gasteiger partial charge in [-0.05, 0) is 73.6 Å². The van der Waals surface area contributed by atoms with Crippen LogP contribution in [-0.4, -0.2) is 91.1 Å². The highest BCUT2D eigenvalue weighted by atomic mass is 35.5. The minimum Gasteiger partial charge on any atom is -0.496 e. The Kier molecular flexibility index (Phi) is 14.0. The summed E-state index contributed by atoms with van der Waals surface area (Å²) in [6, 6.07) is 24.4. The third kappa shape index (κ3) is 11.3. The largest absolute Gasteiger partial charge is 0.573 e. The van der Waals surface area contributed by atoms with Gasteiger partial charge in [0.05, 0.1) is 12.7 Å². The lowest BCUT2D eigenvalue weighted by Gasteiger charge is -2.33. The van der Waals surface area contributed by atoms with Crippen molar-refractivity contribution in [2.24, 2.45) is 14.1 Å². The van der Waals surface area contributed by atoms with Crippen LogP contribution in [0, 0.1) is 0 Å². The summed E-state index contributed by atoms with van der Waals surface area (Å²) >= 11 is 5.80. The maximum absolute atomic E-state index is 13.0. The number of benzene rings is 3. The van der Waals surface area contributed by atoms with Gasteiger partial charge in [-0.3, -0.25) is 28.5 Å². The molecule has 0 bridgehead atoms. The topological polar surface area (TPSA) is 145 Å². The summed E-state index contributed by atoms with van der Waals surface area (Å²) < 4.78 is 49.4. The van der Waals surface area contributed by atoms with E-state index in [1.807, 2.05) is 24.3 Å². The van der Waals surface area contributed by atoms with Crippen molar-refractivity contribution in [3.05, 3.63) is 116 Å². The summed E-state index contributed by atoms with van der Waals surface area (Å²) in [5, 5.41) is 22.5. The molecule has 0 radical (unpaired) electrons. The van der Waals surface area contributed by atoms with Gasteiger partial charge >= 0.3 is 6.36 Å². The van der Waals surface area contributed by atoms with E-state index in [9.17, 15) is 22.8 Å². The molecule has 2 aromatic heterocycles. The van der Waals surface area contributed by atoms with Crippen molar-refractivity contribution in [1.29, 1.82) is 0 Å². The van der Waals surface area contributed by atoms with Gasteiger partial charge in [0.15, 0.2) is 5.82 Å². The number of ether oxygens (including phenoxy) is 2. The predicted octanol–water partition coefficient (Wildman–Crippen LogP) is 5.73. The van der Waals surface area contributed by atoms with Gasteiger partial charge in [-0.1, -0.05) is 60.7 Å². The smallest absolute Gasteiger partial charge is 0.496 e. The van der Waals surface area contributed by atoms with Crippen LogP contribution < -0.4 is 31.2 Å². The van der Waals surface area contributed by atoms with Crippen molar-refractivity contribution in [2.45, 2.75) is 57.2 Å². The van der Waals surface area contributed by atoms with Crippen LogP contribution >= 0.6 is 11.6 Å². The summed E-state index contributed by atoms with van der Waals surface area (Å²) in [6.45, 7) is 5.43. The Morgan fingerprint density at radius 1 is 0.741 bits per heavy atom. The van der Waals surface area contributed by atoms with Crippen molar-refractivity contribution in [1.82, 2.24) is 39.3 Å². The summed E-state index contributed by atoms with van der Waals surface area (Å²) in [6.07, 6.45) is -0.848. The molecule has 4 heterocycles. The van der Waals surface area contributed by atoms with Crippen LogP contribution in [0.4, 0.5) is 24.8 Å². The van der Waals surface area contributed by atoms with Gasteiger partial charge in [-0.25, -0.2) is 0 Å². The second-order valence-electron chi connectivity index (χ2n) is 14.2. The molecule has 0 aliphatic carbocycles. The van der Waals surface area contributed by atoms with E-state index < -0.39 is 17.7 Å². The Labute approximate surface area is 338 Å². The predicted molar refractivity (Wildman–Crippen MR) is 215 cm³/mol. The number of rotatable bonds is 11. The van der Waals surface area contributed by atoms with Gasteiger partial charge < -0.3 is 20.1 Å². The van der Waals surface area contributed by atoms with Gasteiger partial charge in [0.25, 0.3) is 11.1 Å². The van der Waals surface area contributed by atoms with E-state index >= 15 is 0 Å². The highest BCUT2D eigenvalue weighted by molar-refractivity contribution is 6.28. The van der Waals surface area contributed by atoms with E-state index in [0.717, 1.165) is 77.1 Å². The number of nitrogens with zero attached hydrogens (tertiary/aromatic N) is 8. The highest BCUT2D eigenvalue weighted by Gasteiger charge is 2.32. The summed E-state index contributed by atoms with van der Waals surface area (Å²) in [7, 11) is 4.43. The van der Waals surface area contributed by atoms with Crippen LogP contribution in [0.5, 0.6) is 11.5 Å². The number of hydrogen-bond donors (Lipinski definition) is 2. The third-order valence-electron chi connectivity index (χ3n) is 9.92. The van der Waals surface area contributed by atoms with Crippen LogP contribution in [0.3, 0.4) is 0 Å². The van der Waals surface area contributed by atoms with E-state index in [1.165, 1.54) is 40.5 Å². The lowest BCUT2D eigenvalue weighted by molar-refractivity contribution is -0.274. The average Bonchev–Trinajstić information content (AvgIpc) is 3.21.